The monoisotopic (exact) mass is 273 g/mol. The Morgan fingerprint density at radius 2 is 2.06 bits per heavy atom. The minimum absolute atomic E-state index is 0.139. The van der Waals surface area contributed by atoms with Gasteiger partial charge in [-0.25, -0.2) is 0 Å². The van der Waals surface area contributed by atoms with Gasteiger partial charge in [0.1, 0.15) is 0 Å². The van der Waals surface area contributed by atoms with Crippen molar-refractivity contribution >= 4 is 28.6 Å². The maximum absolute atomic E-state index is 11.3. The highest BCUT2D eigenvalue weighted by molar-refractivity contribution is 8.13. The Kier molecular flexibility index (Phi) is 9.22. The lowest BCUT2D eigenvalue weighted by Crippen LogP contribution is -2.22. The van der Waals surface area contributed by atoms with Gasteiger partial charge in [-0.2, -0.15) is 0 Å². The standard InChI is InChI=1S/C12H19NO4S/c1-9(14)4-3-5-11(16)8-12(17)18-7-6-13-10(2)15/h3,5,9,14H,4,6-8H2,1-2H3,(H,13,15)/b5-3+/t9-/m0/s1. The van der Waals surface area contributed by atoms with Gasteiger partial charge in [-0.1, -0.05) is 17.8 Å². The molecule has 102 valence electrons. The summed E-state index contributed by atoms with van der Waals surface area (Å²) in [5.74, 6) is 0.0520. The van der Waals surface area contributed by atoms with Crippen molar-refractivity contribution in [2.24, 2.45) is 0 Å². The number of carbonyl (C=O) groups is 3. The number of ketones is 1. The van der Waals surface area contributed by atoms with E-state index in [0.717, 1.165) is 11.8 Å². The molecule has 0 saturated carbocycles. The summed E-state index contributed by atoms with van der Waals surface area (Å²) in [5, 5.41) is 11.3. The number of hydrogen-bond donors (Lipinski definition) is 2. The number of thioether (sulfide) groups is 1. The first-order valence-electron chi connectivity index (χ1n) is 5.69. The summed E-state index contributed by atoms with van der Waals surface area (Å²) >= 11 is 1.03. The van der Waals surface area contributed by atoms with E-state index in [9.17, 15) is 14.4 Å². The highest BCUT2D eigenvalue weighted by Gasteiger charge is 2.07. The van der Waals surface area contributed by atoms with E-state index in [4.69, 9.17) is 5.11 Å². The van der Waals surface area contributed by atoms with E-state index in [1.54, 1.807) is 13.0 Å². The normalized spacial score (nSPS) is 12.4. The fourth-order valence-corrected chi connectivity index (χ4v) is 1.72. The van der Waals surface area contributed by atoms with Gasteiger partial charge in [0.05, 0.1) is 12.5 Å². The van der Waals surface area contributed by atoms with Crippen LogP contribution in [0.1, 0.15) is 26.7 Å². The molecule has 0 unspecified atom stereocenters. The van der Waals surface area contributed by atoms with Crippen molar-refractivity contribution in [2.75, 3.05) is 12.3 Å². The summed E-state index contributed by atoms with van der Waals surface area (Å²) in [6.07, 6.45) is 2.63. The van der Waals surface area contributed by atoms with E-state index < -0.39 is 6.10 Å². The number of carbonyl (C=O) groups excluding carboxylic acids is 3. The van der Waals surface area contributed by atoms with Crippen molar-refractivity contribution in [1.82, 2.24) is 5.32 Å². The molecule has 1 atom stereocenters. The fourth-order valence-electron chi connectivity index (χ4n) is 1.04. The highest BCUT2D eigenvalue weighted by atomic mass is 32.2. The molecule has 0 aromatic carbocycles. The van der Waals surface area contributed by atoms with Crippen molar-refractivity contribution in [2.45, 2.75) is 32.8 Å². The maximum atomic E-state index is 11.3. The molecule has 0 bridgehead atoms. The number of hydrogen-bond acceptors (Lipinski definition) is 5. The molecule has 0 aromatic heterocycles. The third-order valence-electron chi connectivity index (χ3n) is 1.84. The minimum atomic E-state index is -0.489. The zero-order chi connectivity index (χ0) is 14.0. The second-order valence-electron chi connectivity index (χ2n) is 3.83. The quantitative estimate of drug-likeness (QED) is 0.386. The molecule has 0 fully saturated rings. The van der Waals surface area contributed by atoms with Gasteiger partial charge < -0.3 is 10.4 Å². The van der Waals surface area contributed by atoms with Crippen LogP contribution in [0.25, 0.3) is 0 Å². The number of aliphatic hydroxyl groups is 1. The number of allylic oxidation sites excluding steroid dienone is 1. The molecule has 0 spiro atoms. The molecule has 0 aliphatic heterocycles. The van der Waals surface area contributed by atoms with Crippen LogP contribution in [0.2, 0.25) is 0 Å². The van der Waals surface area contributed by atoms with Crippen molar-refractivity contribution in [3.63, 3.8) is 0 Å². The van der Waals surface area contributed by atoms with Gasteiger partial charge in [-0.15, -0.1) is 0 Å². The van der Waals surface area contributed by atoms with Gasteiger partial charge in [0, 0.05) is 19.2 Å². The van der Waals surface area contributed by atoms with E-state index in [0.29, 0.717) is 18.7 Å². The predicted molar refractivity (Wildman–Crippen MR) is 71.2 cm³/mol. The molecular weight excluding hydrogens is 254 g/mol. The molecule has 0 rings (SSSR count). The molecule has 0 saturated heterocycles. The first kappa shape index (κ1) is 16.9. The molecule has 0 aromatic rings. The highest BCUT2D eigenvalue weighted by Crippen LogP contribution is 2.05. The number of aliphatic hydroxyl groups excluding tert-OH is 1. The molecule has 2 N–H and O–H groups in total. The summed E-state index contributed by atoms with van der Waals surface area (Å²) in [6.45, 7) is 3.44. The fraction of sp³-hybridized carbons (Fsp3) is 0.583. The van der Waals surface area contributed by atoms with Crippen molar-refractivity contribution in [3.05, 3.63) is 12.2 Å². The number of rotatable bonds is 8. The lowest BCUT2D eigenvalue weighted by atomic mass is 10.2. The molecule has 18 heavy (non-hydrogen) atoms. The first-order chi connectivity index (χ1) is 8.41. The van der Waals surface area contributed by atoms with Gasteiger partial charge in [-0.05, 0) is 19.4 Å². The van der Waals surface area contributed by atoms with Crippen LogP contribution in [0.15, 0.2) is 12.2 Å². The lowest BCUT2D eigenvalue weighted by molar-refractivity contribution is -0.120. The van der Waals surface area contributed by atoms with Crippen LogP contribution in [0.5, 0.6) is 0 Å². The molecule has 6 heteroatoms. The summed E-state index contributed by atoms with van der Waals surface area (Å²) in [5.41, 5.74) is 0. The van der Waals surface area contributed by atoms with Gasteiger partial charge in [0.25, 0.3) is 0 Å². The van der Waals surface area contributed by atoms with Crippen LogP contribution in [0, 0.1) is 0 Å². The predicted octanol–water partition coefficient (Wildman–Crippen LogP) is 0.669. The second-order valence-corrected chi connectivity index (χ2v) is 4.99. The first-order valence-corrected chi connectivity index (χ1v) is 6.68. The van der Waals surface area contributed by atoms with Crippen LogP contribution in [-0.4, -0.2) is 40.3 Å². The van der Waals surface area contributed by atoms with E-state index in [-0.39, 0.29) is 23.2 Å². The van der Waals surface area contributed by atoms with Gasteiger partial charge >= 0.3 is 0 Å². The SMILES string of the molecule is CC(=O)NCCSC(=O)CC(=O)/C=C/C[C@H](C)O. The Hall–Kier alpha value is -1.14. The maximum Gasteiger partial charge on any atom is 0.216 e. The second kappa shape index (κ2) is 9.85. The van der Waals surface area contributed by atoms with Crippen molar-refractivity contribution < 1.29 is 19.5 Å². The van der Waals surface area contributed by atoms with Crippen molar-refractivity contribution in [1.29, 1.82) is 0 Å². The molecule has 5 nitrogen and oxygen atoms in total. The Labute approximate surface area is 111 Å². The van der Waals surface area contributed by atoms with Crippen molar-refractivity contribution in [3.8, 4) is 0 Å². The summed E-state index contributed by atoms with van der Waals surface area (Å²) in [4.78, 5) is 33.2. The molecule has 0 aliphatic carbocycles. The zero-order valence-corrected chi connectivity index (χ0v) is 11.5. The van der Waals surface area contributed by atoms with Crippen LogP contribution in [-0.2, 0) is 14.4 Å². The lowest BCUT2D eigenvalue weighted by Gasteiger charge is -2.00. The average molecular weight is 273 g/mol. The van der Waals surface area contributed by atoms with E-state index in [1.165, 1.54) is 13.0 Å². The average Bonchev–Trinajstić information content (AvgIpc) is 2.23. The topological polar surface area (TPSA) is 83.5 Å². The Bertz CT molecular complexity index is 326. The largest absolute Gasteiger partial charge is 0.393 e. The summed E-state index contributed by atoms with van der Waals surface area (Å²) in [7, 11) is 0. The smallest absolute Gasteiger partial charge is 0.216 e. The van der Waals surface area contributed by atoms with Crippen LogP contribution < -0.4 is 5.32 Å². The third-order valence-corrected chi connectivity index (χ3v) is 2.71. The zero-order valence-electron chi connectivity index (χ0n) is 10.6. The third kappa shape index (κ3) is 11.3. The Balaban J connectivity index is 3.71. The molecular formula is C12H19NO4S. The number of amides is 1. The van der Waals surface area contributed by atoms with E-state index >= 15 is 0 Å². The van der Waals surface area contributed by atoms with Crippen LogP contribution >= 0.6 is 11.8 Å². The van der Waals surface area contributed by atoms with E-state index in [1.807, 2.05) is 0 Å². The number of nitrogens with one attached hydrogen (secondary N) is 1. The summed E-state index contributed by atoms with van der Waals surface area (Å²) in [6, 6.07) is 0. The van der Waals surface area contributed by atoms with E-state index in [2.05, 4.69) is 5.32 Å². The van der Waals surface area contributed by atoms with Gasteiger partial charge in [-0.3, -0.25) is 14.4 Å². The minimum Gasteiger partial charge on any atom is -0.393 e. The van der Waals surface area contributed by atoms with Crippen LogP contribution in [0.3, 0.4) is 0 Å². The van der Waals surface area contributed by atoms with Crippen LogP contribution in [0.4, 0.5) is 0 Å². The molecule has 0 heterocycles. The van der Waals surface area contributed by atoms with Gasteiger partial charge in [0.2, 0.25) is 5.91 Å². The van der Waals surface area contributed by atoms with Gasteiger partial charge in [0.15, 0.2) is 10.9 Å². The molecule has 0 aliphatic rings. The molecule has 0 radical (unpaired) electrons. The Morgan fingerprint density at radius 1 is 1.39 bits per heavy atom. The summed E-state index contributed by atoms with van der Waals surface area (Å²) < 4.78 is 0. The Morgan fingerprint density at radius 3 is 2.61 bits per heavy atom. The molecule has 1 amide bonds.